The Morgan fingerprint density at radius 3 is 2.69 bits per heavy atom. The van der Waals surface area contributed by atoms with Crippen LogP contribution in [0.3, 0.4) is 0 Å². The highest BCUT2D eigenvalue weighted by Gasteiger charge is 1.86. The number of rotatable bonds is 2. The zero-order valence-corrected chi connectivity index (χ0v) is 8.38. The molecule has 0 heteroatoms. The van der Waals surface area contributed by atoms with E-state index in [2.05, 4.69) is 37.8 Å². The summed E-state index contributed by atoms with van der Waals surface area (Å²) in [4.78, 5) is 0. The molecule has 0 amide bonds. The van der Waals surface area contributed by atoms with Crippen LogP contribution in [0.4, 0.5) is 0 Å². The van der Waals surface area contributed by atoms with Crippen LogP contribution in [0.25, 0.3) is 12.7 Å². The maximum atomic E-state index is 4.02. The zero-order chi connectivity index (χ0) is 9.68. The summed E-state index contributed by atoms with van der Waals surface area (Å²) < 4.78 is 0. The second-order valence-electron chi connectivity index (χ2n) is 3.08. The summed E-state index contributed by atoms with van der Waals surface area (Å²) in [6.07, 6.45) is 7.22. The van der Waals surface area contributed by atoms with Crippen LogP contribution < -0.4 is 10.4 Å². The molecule has 1 aromatic rings. The Morgan fingerprint density at radius 1 is 1.38 bits per heavy atom. The van der Waals surface area contributed by atoms with Gasteiger partial charge in [-0.15, -0.1) is 0 Å². The Kier molecular flexibility index (Phi) is 3.51. The molecule has 0 saturated heterocycles. The first-order valence-electron chi connectivity index (χ1n) is 4.68. The third-order valence-electron chi connectivity index (χ3n) is 2.08. The van der Waals surface area contributed by atoms with Gasteiger partial charge in [-0.05, 0) is 29.3 Å². The molecule has 0 heterocycles. The molecule has 0 bridgehead atoms. The topological polar surface area (TPSA) is 0 Å². The van der Waals surface area contributed by atoms with Crippen molar-refractivity contribution < 1.29 is 0 Å². The van der Waals surface area contributed by atoms with E-state index in [4.69, 9.17) is 0 Å². The third-order valence-corrected chi connectivity index (χ3v) is 2.08. The Labute approximate surface area is 79.9 Å². The van der Waals surface area contributed by atoms with Crippen LogP contribution in [0.1, 0.15) is 19.4 Å². The summed E-state index contributed by atoms with van der Waals surface area (Å²) in [6.45, 7) is 8.19. The average Bonchev–Trinajstić information content (AvgIpc) is 2.16. The minimum Gasteiger partial charge on any atom is -0.0912 e. The van der Waals surface area contributed by atoms with E-state index in [0.717, 1.165) is 11.6 Å². The molecular weight excluding hydrogens is 156 g/mol. The van der Waals surface area contributed by atoms with Gasteiger partial charge in [-0.2, -0.15) is 0 Å². The fraction of sp³-hybridized carbons (Fsp3) is 0.231. The van der Waals surface area contributed by atoms with Crippen LogP contribution >= 0.6 is 0 Å². The maximum Gasteiger partial charge on any atom is -0.0190 e. The molecule has 13 heavy (non-hydrogen) atoms. The largest absolute Gasteiger partial charge is 0.0912 e. The highest BCUT2D eigenvalue weighted by atomic mass is 13.9. The lowest BCUT2D eigenvalue weighted by Crippen LogP contribution is -2.22. The molecule has 0 nitrogen and oxygen atoms in total. The van der Waals surface area contributed by atoms with Crippen molar-refractivity contribution in [2.45, 2.75) is 20.3 Å². The lowest BCUT2D eigenvalue weighted by Gasteiger charge is -1.94. The molecule has 0 atom stereocenters. The molecule has 0 aliphatic heterocycles. The molecule has 68 valence electrons. The molecule has 0 aliphatic carbocycles. The molecule has 0 saturated carbocycles. The monoisotopic (exact) mass is 172 g/mol. The van der Waals surface area contributed by atoms with E-state index in [1.54, 1.807) is 0 Å². The molecule has 0 spiro atoms. The number of hydrogen-bond acceptors (Lipinski definition) is 0. The van der Waals surface area contributed by atoms with Gasteiger partial charge in [0.05, 0.1) is 0 Å². The summed E-state index contributed by atoms with van der Waals surface area (Å²) in [5.41, 5.74) is 1.35. The van der Waals surface area contributed by atoms with Gasteiger partial charge in [0.1, 0.15) is 0 Å². The van der Waals surface area contributed by atoms with Gasteiger partial charge in [-0.3, -0.25) is 0 Å². The van der Waals surface area contributed by atoms with E-state index in [-0.39, 0.29) is 0 Å². The predicted octanol–water partition coefficient (Wildman–Crippen LogP) is 2.02. The first-order chi connectivity index (χ1) is 6.27. The third kappa shape index (κ3) is 2.59. The number of aryl methyl sites for hydroxylation is 1. The summed E-state index contributed by atoms with van der Waals surface area (Å²) in [7, 11) is 0. The minimum atomic E-state index is 1.08. The Bertz CT molecular complexity index is 397. The molecule has 1 aromatic carbocycles. The van der Waals surface area contributed by atoms with Crippen LogP contribution in [0.5, 0.6) is 0 Å². The molecular formula is C13H16. The zero-order valence-electron chi connectivity index (χ0n) is 8.38. The smallest absolute Gasteiger partial charge is 0.0190 e. The second-order valence-corrected chi connectivity index (χ2v) is 3.08. The molecule has 0 fully saturated rings. The van der Waals surface area contributed by atoms with Gasteiger partial charge in [0, 0.05) is 0 Å². The van der Waals surface area contributed by atoms with Crippen molar-refractivity contribution in [3.63, 3.8) is 0 Å². The summed E-state index contributed by atoms with van der Waals surface area (Å²) in [5.74, 6) is 0. The van der Waals surface area contributed by atoms with Crippen LogP contribution in [-0.4, -0.2) is 0 Å². The first-order valence-corrected chi connectivity index (χ1v) is 4.68. The van der Waals surface area contributed by atoms with E-state index >= 15 is 0 Å². The number of benzene rings is 1. The lowest BCUT2D eigenvalue weighted by molar-refractivity contribution is 1.13. The Balaban J connectivity index is 3.20. The molecule has 1 rings (SSSR count). The van der Waals surface area contributed by atoms with Gasteiger partial charge in [0.25, 0.3) is 0 Å². The quantitative estimate of drug-likeness (QED) is 0.640. The van der Waals surface area contributed by atoms with E-state index in [9.17, 15) is 0 Å². The van der Waals surface area contributed by atoms with Crippen molar-refractivity contribution in [2.75, 3.05) is 0 Å². The van der Waals surface area contributed by atoms with Crippen molar-refractivity contribution in [3.05, 3.63) is 46.4 Å². The summed E-state index contributed by atoms with van der Waals surface area (Å²) in [5, 5.41) is 2.31. The standard InChI is InChI=1S/C13H16/c1-4-6-7-13-9-8-12(5-2)10-11(13)3/h4,6-10H,3,5H2,1-2H3/b6-4-,13-7-. The van der Waals surface area contributed by atoms with Gasteiger partial charge in [0.2, 0.25) is 0 Å². The first kappa shape index (κ1) is 9.79. The SMILES string of the molecule is C=c1cc(CC)cc/c1=C/C=C\C. The second kappa shape index (κ2) is 4.66. The van der Waals surface area contributed by atoms with Gasteiger partial charge < -0.3 is 0 Å². The molecule has 0 aromatic heterocycles. The number of allylic oxidation sites excluding steroid dienone is 2. The highest BCUT2D eigenvalue weighted by Crippen LogP contribution is 1.91. The van der Waals surface area contributed by atoms with E-state index in [0.29, 0.717) is 0 Å². The van der Waals surface area contributed by atoms with E-state index in [1.807, 2.05) is 19.1 Å². The highest BCUT2D eigenvalue weighted by molar-refractivity contribution is 5.38. The predicted molar refractivity (Wildman–Crippen MR) is 59.9 cm³/mol. The van der Waals surface area contributed by atoms with Gasteiger partial charge in [0.15, 0.2) is 0 Å². The van der Waals surface area contributed by atoms with Crippen LogP contribution in [-0.2, 0) is 6.42 Å². The molecule has 0 radical (unpaired) electrons. The molecule has 0 unspecified atom stereocenters. The average molecular weight is 172 g/mol. The summed E-state index contributed by atoms with van der Waals surface area (Å²) >= 11 is 0. The normalized spacial score (nSPS) is 12.6. The van der Waals surface area contributed by atoms with Crippen LogP contribution in [0.2, 0.25) is 0 Å². The minimum absolute atomic E-state index is 1.08. The maximum absolute atomic E-state index is 4.02. The summed E-state index contributed by atoms with van der Waals surface area (Å²) in [6, 6.07) is 6.43. The van der Waals surface area contributed by atoms with Crippen molar-refractivity contribution in [2.24, 2.45) is 0 Å². The van der Waals surface area contributed by atoms with Crippen molar-refractivity contribution in [3.8, 4) is 0 Å². The Hall–Kier alpha value is -1.30. The Morgan fingerprint density at radius 2 is 2.15 bits per heavy atom. The molecule has 0 aliphatic rings. The van der Waals surface area contributed by atoms with Crippen LogP contribution in [0, 0.1) is 0 Å². The van der Waals surface area contributed by atoms with Gasteiger partial charge in [-0.25, -0.2) is 0 Å². The van der Waals surface area contributed by atoms with Gasteiger partial charge in [-0.1, -0.05) is 49.9 Å². The van der Waals surface area contributed by atoms with Gasteiger partial charge >= 0.3 is 0 Å². The van der Waals surface area contributed by atoms with Crippen LogP contribution in [0.15, 0.2) is 30.4 Å². The number of hydrogen-bond donors (Lipinski definition) is 0. The van der Waals surface area contributed by atoms with Crippen molar-refractivity contribution in [1.29, 1.82) is 0 Å². The van der Waals surface area contributed by atoms with Crippen molar-refractivity contribution in [1.82, 2.24) is 0 Å². The fourth-order valence-corrected chi connectivity index (χ4v) is 1.24. The molecule has 0 N–H and O–H groups in total. The lowest BCUT2D eigenvalue weighted by atomic mass is 10.1. The van der Waals surface area contributed by atoms with E-state index < -0.39 is 0 Å². The van der Waals surface area contributed by atoms with Crippen molar-refractivity contribution >= 4 is 12.7 Å². The van der Waals surface area contributed by atoms with E-state index in [1.165, 1.54) is 10.8 Å². The fourth-order valence-electron chi connectivity index (χ4n) is 1.24.